The first-order chi connectivity index (χ1) is 9.13. The number of rotatable bonds is 4. The number of hydrogen-bond acceptors (Lipinski definition) is 1. The van der Waals surface area contributed by atoms with Gasteiger partial charge in [0.2, 0.25) is 0 Å². The van der Waals surface area contributed by atoms with Crippen molar-refractivity contribution in [3.05, 3.63) is 69.7 Å². The molecular formula is C17H20ClN. The summed E-state index contributed by atoms with van der Waals surface area (Å²) in [6.07, 6.45) is 0.951. The molecule has 2 heteroatoms. The summed E-state index contributed by atoms with van der Waals surface area (Å²) in [4.78, 5) is 0. The Labute approximate surface area is 120 Å². The molecule has 19 heavy (non-hydrogen) atoms. The average Bonchev–Trinajstić information content (AvgIpc) is 2.41. The van der Waals surface area contributed by atoms with E-state index in [4.69, 9.17) is 11.6 Å². The molecule has 0 amide bonds. The summed E-state index contributed by atoms with van der Waals surface area (Å²) in [5.41, 5.74) is 4.99. The summed E-state index contributed by atoms with van der Waals surface area (Å²) < 4.78 is 0. The topological polar surface area (TPSA) is 12.0 Å². The van der Waals surface area contributed by atoms with Crippen molar-refractivity contribution < 1.29 is 0 Å². The minimum atomic E-state index is 0.244. The second-order valence-electron chi connectivity index (χ2n) is 4.95. The van der Waals surface area contributed by atoms with E-state index in [0.717, 1.165) is 17.0 Å². The molecule has 0 aliphatic heterocycles. The van der Waals surface area contributed by atoms with Crippen molar-refractivity contribution in [1.82, 2.24) is 5.32 Å². The molecule has 0 heterocycles. The van der Waals surface area contributed by atoms with Crippen molar-refractivity contribution in [2.75, 3.05) is 7.05 Å². The zero-order valence-corrected chi connectivity index (χ0v) is 12.5. The van der Waals surface area contributed by atoms with E-state index in [1.807, 2.05) is 20.0 Å². The Hall–Kier alpha value is -1.31. The highest BCUT2D eigenvalue weighted by Gasteiger charge is 2.15. The van der Waals surface area contributed by atoms with Crippen molar-refractivity contribution in [3.63, 3.8) is 0 Å². The minimum absolute atomic E-state index is 0.244. The molecule has 0 radical (unpaired) electrons. The summed E-state index contributed by atoms with van der Waals surface area (Å²) in [7, 11) is 1.99. The molecule has 1 unspecified atom stereocenters. The molecule has 0 saturated heterocycles. The molecule has 0 aromatic heterocycles. The maximum atomic E-state index is 6.43. The van der Waals surface area contributed by atoms with Crippen LogP contribution in [0.2, 0.25) is 5.02 Å². The predicted octanol–water partition coefficient (Wildman–Crippen LogP) is 4.46. The van der Waals surface area contributed by atoms with Gasteiger partial charge in [-0.05, 0) is 49.6 Å². The predicted molar refractivity (Wildman–Crippen MR) is 82.9 cm³/mol. The minimum Gasteiger partial charge on any atom is -0.313 e. The van der Waals surface area contributed by atoms with Crippen molar-refractivity contribution in [2.45, 2.75) is 26.3 Å². The smallest absolute Gasteiger partial charge is 0.0483 e. The van der Waals surface area contributed by atoms with Gasteiger partial charge in [-0.2, -0.15) is 0 Å². The quantitative estimate of drug-likeness (QED) is 0.867. The molecular weight excluding hydrogens is 254 g/mol. The van der Waals surface area contributed by atoms with Crippen LogP contribution in [0.3, 0.4) is 0 Å². The summed E-state index contributed by atoms with van der Waals surface area (Å²) in [6, 6.07) is 15.0. The third-order valence-electron chi connectivity index (χ3n) is 3.63. The number of aryl methyl sites for hydroxylation is 2. The largest absolute Gasteiger partial charge is 0.313 e. The van der Waals surface area contributed by atoms with Crippen LogP contribution in [-0.2, 0) is 6.42 Å². The van der Waals surface area contributed by atoms with E-state index < -0.39 is 0 Å². The number of halogens is 1. The second-order valence-corrected chi connectivity index (χ2v) is 5.33. The van der Waals surface area contributed by atoms with Crippen LogP contribution in [-0.4, -0.2) is 7.05 Å². The Balaban J connectivity index is 2.31. The standard InChI is InChI=1S/C17H20ClN/c1-12-7-4-5-9-14(12)11-16(19-3)15-10-6-8-13(2)17(15)18/h4-10,16,19H,11H2,1-3H3. The molecule has 0 saturated carbocycles. The summed E-state index contributed by atoms with van der Waals surface area (Å²) in [6.45, 7) is 4.20. The van der Waals surface area contributed by atoms with Gasteiger partial charge in [0.15, 0.2) is 0 Å². The zero-order valence-electron chi connectivity index (χ0n) is 11.7. The second kappa shape index (κ2) is 6.23. The fourth-order valence-corrected chi connectivity index (χ4v) is 2.62. The summed E-state index contributed by atoms with van der Waals surface area (Å²) in [5, 5.41) is 4.25. The van der Waals surface area contributed by atoms with Gasteiger partial charge >= 0.3 is 0 Å². The van der Waals surface area contributed by atoms with Gasteiger partial charge in [-0.15, -0.1) is 0 Å². The number of likely N-dealkylation sites (N-methyl/N-ethyl adjacent to an activating group) is 1. The Morgan fingerprint density at radius 2 is 1.68 bits per heavy atom. The molecule has 0 fully saturated rings. The normalized spacial score (nSPS) is 12.4. The lowest BCUT2D eigenvalue weighted by atomic mass is 9.95. The maximum absolute atomic E-state index is 6.43. The third-order valence-corrected chi connectivity index (χ3v) is 4.15. The molecule has 2 aromatic carbocycles. The van der Waals surface area contributed by atoms with Crippen molar-refractivity contribution >= 4 is 11.6 Å². The van der Waals surface area contributed by atoms with Gasteiger partial charge in [-0.25, -0.2) is 0 Å². The highest BCUT2D eigenvalue weighted by molar-refractivity contribution is 6.32. The van der Waals surface area contributed by atoms with Crippen LogP contribution < -0.4 is 5.32 Å². The lowest BCUT2D eigenvalue weighted by Gasteiger charge is -2.20. The van der Waals surface area contributed by atoms with E-state index in [1.54, 1.807) is 0 Å². The molecule has 2 aromatic rings. The molecule has 2 rings (SSSR count). The average molecular weight is 274 g/mol. The Morgan fingerprint density at radius 3 is 2.37 bits per heavy atom. The Morgan fingerprint density at radius 1 is 1.00 bits per heavy atom. The van der Waals surface area contributed by atoms with Crippen LogP contribution in [0.1, 0.15) is 28.3 Å². The van der Waals surface area contributed by atoms with Crippen LogP contribution >= 0.6 is 11.6 Å². The van der Waals surface area contributed by atoms with Gasteiger partial charge in [-0.1, -0.05) is 54.1 Å². The van der Waals surface area contributed by atoms with Crippen LogP contribution in [0.15, 0.2) is 42.5 Å². The first kappa shape index (κ1) is 14.1. The lowest BCUT2D eigenvalue weighted by Crippen LogP contribution is -2.19. The summed E-state index contributed by atoms with van der Waals surface area (Å²) >= 11 is 6.43. The van der Waals surface area contributed by atoms with Crippen molar-refractivity contribution in [1.29, 1.82) is 0 Å². The van der Waals surface area contributed by atoms with Gasteiger partial charge in [0, 0.05) is 11.1 Å². The van der Waals surface area contributed by atoms with Crippen LogP contribution in [0.5, 0.6) is 0 Å². The zero-order chi connectivity index (χ0) is 13.8. The fraction of sp³-hybridized carbons (Fsp3) is 0.294. The monoisotopic (exact) mass is 273 g/mol. The van der Waals surface area contributed by atoms with Crippen LogP contribution in [0, 0.1) is 13.8 Å². The highest BCUT2D eigenvalue weighted by atomic mass is 35.5. The SMILES string of the molecule is CNC(Cc1ccccc1C)c1cccc(C)c1Cl. The first-order valence-corrected chi connectivity index (χ1v) is 6.98. The summed E-state index contributed by atoms with van der Waals surface area (Å²) in [5.74, 6) is 0. The number of hydrogen-bond donors (Lipinski definition) is 1. The van der Waals surface area contributed by atoms with Gasteiger partial charge < -0.3 is 5.32 Å². The molecule has 1 atom stereocenters. The Bertz CT molecular complexity index is 563. The lowest BCUT2D eigenvalue weighted by molar-refractivity contribution is 0.590. The fourth-order valence-electron chi connectivity index (χ4n) is 2.37. The van der Waals surface area contributed by atoms with Gasteiger partial charge in [0.05, 0.1) is 0 Å². The third kappa shape index (κ3) is 3.17. The van der Waals surface area contributed by atoms with Crippen molar-refractivity contribution in [2.24, 2.45) is 0 Å². The highest BCUT2D eigenvalue weighted by Crippen LogP contribution is 2.28. The molecule has 1 N–H and O–H groups in total. The van der Waals surface area contributed by atoms with E-state index in [9.17, 15) is 0 Å². The maximum Gasteiger partial charge on any atom is 0.0483 e. The molecule has 0 spiro atoms. The van der Waals surface area contributed by atoms with Gasteiger partial charge in [0.1, 0.15) is 0 Å². The van der Waals surface area contributed by atoms with E-state index in [2.05, 4.69) is 48.6 Å². The van der Waals surface area contributed by atoms with E-state index in [-0.39, 0.29) is 6.04 Å². The van der Waals surface area contributed by atoms with Crippen molar-refractivity contribution in [3.8, 4) is 0 Å². The van der Waals surface area contributed by atoms with Gasteiger partial charge in [-0.3, -0.25) is 0 Å². The Kier molecular flexibility index (Phi) is 4.62. The van der Waals surface area contributed by atoms with Gasteiger partial charge in [0.25, 0.3) is 0 Å². The molecule has 0 aliphatic carbocycles. The molecule has 0 bridgehead atoms. The van der Waals surface area contributed by atoms with E-state index in [0.29, 0.717) is 0 Å². The van der Waals surface area contributed by atoms with Crippen LogP contribution in [0.4, 0.5) is 0 Å². The molecule has 1 nitrogen and oxygen atoms in total. The van der Waals surface area contributed by atoms with Crippen LogP contribution in [0.25, 0.3) is 0 Å². The van der Waals surface area contributed by atoms with E-state index in [1.165, 1.54) is 16.7 Å². The molecule has 0 aliphatic rings. The molecule has 100 valence electrons. The van der Waals surface area contributed by atoms with E-state index >= 15 is 0 Å². The number of benzene rings is 2. The first-order valence-electron chi connectivity index (χ1n) is 6.60. The number of nitrogens with one attached hydrogen (secondary N) is 1.